The molecule has 0 aromatic carbocycles. The minimum absolute atomic E-state index is 0.0101. The number of aromatic nitrogens is 4. The molecule has 67 heavy (non-hydrogen) atoms. The molecule has 3 heterocycles. The number of carbonyl (C=O) groups is 5. The van der Waals surface area contributed by atoms with Crippen molar-refractivity contribution in [3.05, 3.63) is 24.8 Å². The summed E-state index contributed by atoms with van der Waals surface area (Å²) in [5.74, 6) is -1.07. The Bertz CT molecular complexity index is 2240. The number of anilines is 1. The largest absolute Gasteiger partial charge is 0.481 e. The number of imidazole rings is 1. The van der Waals surface area contributed by atoms with E-state index < -0.39 is 84.6 Å². The zero-order chi connectivity index (χ0) is 49.7. The molecule has 1 saturated heterocycles. The highest BCUT2D eigenvalue weighted by Gasteiger charge is 2.50. The van der Waals surface area contributed by atoms with Gasteiger partial charge in [-0.15, -0.1) is 0 Å². The van der Waals surface area contributed by atoms with E-state index in [1.54, 1.807) is 0 Å². The quantitative estimate of drug-likeness (QED) is 0.0254. The smallest absolute Gasteiger partial charge is 0.386 e. The SMILES string of the molecule is CC/C=C\C[C@@H]1C(=O)CC[C@@H]1CCCC(=O)CC(=O)SCCNC(=O)CCNC(=O)[C@H](O)C(C)(C)COP(=O)(O)OP(=O)(O)OC[C@H]1O[C@@H](n2cnc3c(N)ncnc32)[C@H](O)[C@@H]1OP(=O)(O)O. The van der Waals surface area contributed by atoms with Crippen molar-refractivity contribution in [1.29, 1.82) is 0 Å². The molecule has 2 fully saturated rings. The first-order chi connectivity index (χ1) is 31.3. The number of aliphatic hydroxyl groups excluding tert-OH is 2. The van der Waals surface area contributed by atoms with Crippen molar-refractivity contribution in [1.82, 2.24) is 30.2 Å². The van der Waals surface area contributed by atoms with Crippen LogP contribution in [0.3, 0.4) is 0 Å². The number of hydrogen-bond acceptors (Lipinski definition) is 20. The van der Waals surface area contributed by atoms with Crippen molar-refractivity contribution in [2.75, 3.05) is 37.8 Å². The molecule has 10 N–H and O–H groups in total. The van der Waals surface area contributed by atoms with E-state index in [0.29, 0.717) is 19.3 Å². The number of amides is 2. The summed E-state index contributed by atoms with van der Waals surface area (Å²) in [7, 11) is -16.5. The third-order valence-corrected chi connectivity index (χ3v) is 14.6. The number of thioether (sulfide) groups is 1. The average Bonchev–Trinajstić information content (AvgIpc) is 3.91. The summed E-state index contributed by atoms with van der Waals surface area (Å²) < 4.78 is 62.3. The summed E-state index contributed by atoms with van der Waals surface area (Å²) >= 11 is 0.896. The molecule has 1 saturated carbocycles. The third-order valence-electron chi connectivity index (χ3n) is 10.7. The van der Waals surface area contributed by atoms with Crippen LogP contribution in [0.25, 0.3) is 11.2 Å². The van der Waals surface area contributed by atoms with Gasteiger partial charge in [-0.25, -0.2) is 28.6 Å². The van der Waals surface area contributed by atoms with Gasteiger partial charge >= 0.3 is 23.5 Å². The van der Waals surface area contributed by atoms with Crippen LogP contribution in [-0.4, -0.2) is 134 Å². The number of phosphoric acid groups is 3. The van der Waals surface area contributed by atoms with E-state index in [9.17, 15) is 67.5 Å². The molecule has 4 rings (SSSR count). The van der Waals surface area contributed by atoms with Gasteiger partial charge in [-0.2, -0.15) is 4.31 Å². The Hall–Kier alpha value is -3.36. The van der Waals surface area contributed by atoms with Crippen LogP contribution in [0.1, 0.15) is 84.8 Å². The molecule has 2 aromatic heterocycles. The molecule has 376 valence electrons. The standard InChI is InChI=1S/C37H58N7O19P3S/c1-4-5-6-10-24-22(11-12-25(24)46)8-7-9-23(45)17-28(48)67-16-15-39-27(47)13-14-40-35(51)32(50)37(2,3)19-60-66(57,58)63-65(55,56)59-18-26-31(62-64(52,53)54)30(49)36(61-26)44-21-43-29-33(38)41-20-42-34(29)44/h5-6,20-22,24,26,30-32,36,49-50H,4,7-19H2,1-3H3,(H,39,47)(H,40,51)(H,55,56)(H,57,58)(H2,38,41,42)(H2,52,53,54)/b6-5-/t22-,24-,26+,30+,31+,32-,36+/m0/s1. The summed E-state index contributed by atoms with van der Waals surface area (Å²) in [6, 6.07) is 0. The zero-order valence-electron chi connectivity index (χ0n) is 36.9. The van der Waals surface area contributed by atoms with Gasteiger partial charge in [-0.3, -0.25) is 42.1 Å². The molecule has 9 atom stereocenters. The molecule has 2 unspecified atom stereocenters. The van der Waals surface area contributed by atoms with Crippen LogP contribution in [-0.2, 0) is 60.3 Å². The number of nitrogens with two attached hydrogens (primary N) is 1. The molecular formula is C37H58N7O19P3S. The Morgan fingerprint density at radius 3 is 2.46 bits per heavy atom. The van der Waals surface area contributed by atoms with Crippen LogP contribution < -0.4 is 16.4 Å². The molecule has 2 amide bonds. The first kappa shape index (κ1) is 56.2. The van der Waals surface area contributed by atoms with Crippen molar-refractivity contribution in [3.63, 3.8) is 0 Å². The molecule has 2 aliphatic rings. The lowest BCUT2D eigenvalue weighted by molar-refractivity contribution is -0.137. The van der Waals surface area contributed by atoms with Crippen molar-refractivity contribution in [2.24, 2.45) is 17.3 Å². The number of nitrogens with one attached hydrogen (secondary N) is 2. The molecule has 2 aromatic rings. The average molecular weight is 1030 g/mol. The molecular weight excluding hydrogens is 971 g/mol. The Morgan fingerprint density at radius 1 is 1.04 bits per heavy atom. The van der Waals surface area contributed by atoms with Gasteiger partial charge in [0, 0.05) is 49.4 Å². The Kier molecular flexibility index (Phi) is 21.0. The predicted molar refractivity (Wildman–Crippen MR) is 236 cm³/mol. The van der Waals surface area contributed by atoms with Crippen molar-refractivity contribution in [2.45, 2.75) is 109 Å². The summed E-state index contributed by atoms with van der Waals surface area (Å²) in [5, 5.41) is 26.1. The number of fused-ring (bicyclic) bond motifs is 1. The molecule has 30 heteroatoms. The highest BCUT2D eigenvalue weighted by atomic mass is 32.2. The van der Waals surface area contributed by atoms with Crippen LogP contribution in [0.15, 0.2) is 24.8 Å². The fourth-order valence-electron chi connectivity index (χ4n) is 7.21. The van der Waals surface area contributed by atoms with Crippen LogP contribution in [0.4, 0.5) is 5.82 Å². The normalized spacial score (nSPS) is 23.6. The molecule has 0 bridgehead atoms. The van der Waals surface area contributed by atoms with E-state index in [2.05, 4.69) is 34.4 Å². The predicted octanol–water partition coefficient (Wildman–Crippen LogP) is 1.75. The maximum atomic E-state index is 12.7. The number of nitrogen functional groups attached to an aromatic ring is 1. The molecule has 0 spiro atoms. The maximum absolute atomic E-state index is 12.7. The van der Waals surface area contributed by atoms with Gasteiger partial charge in [0.15, 0.2) is 22.8 Å². The minimum Gasteiger partial charge on any atom is -0.386 e. The van der Waals surface area contributed by atoms with Crippen LogP contribution in [0.2, 0.25) is 0 Å². The van der Waals surface area contributed by atoms with Gasteiger partial charge < -0.3 is 50.9 Å². The van der Waals surface area contributed by atoms with E-state index in [1.807, 2.05) is 19.1 Å². The third kappa shape index (κ3) is 17.5. The number of Topliss-reactive ketones (excluding diaryl/α,β-unsaturated/α-hetero) is 2. The Balaban J connectivity index is 1.13. The summed E-state index contributed by atoms with van der Waals surface area (Å²) in [5.41, 5.74) is 4.22. The van der Waals surface area contributed by atoms with Crippen LogP contribution >= 0.6 is 35.2 Å². The Morgan fingerprint density at radius 2 is 1.76 bits per heavy atom. The van der Waals surface area contributed by atoms with Crippen LogP contribution in [0.5, 0.6) is 0 Å². The topological polar surface area (TPSA) is 398 Å². The number of hydrogen-bond donors (Lipinski definition) is 9. The maximum Gasteiger partial charge on any atom is 0.481 e. The van der Waals surface area contributed by atoms with Gasteiger partial charge in [0.05, 0.1) is 26.0 Å². The summed E-state index contributed by atoms with van der Waals surface area (Å²) in [6.45, 7) is 2.27. The van der Waals surface area contributed by atoms with E-state index in [-0.39, 0.29) is 83.6 Å². The second-order valence-electron chi connectivity index (χ2n) is 16.4. The summed E-state index contributed by atoms with van der Waals surface area (Å²) in [4.78, 5) is 113. The van der Waals surface area contributed by atoms with Gasteiger partial charge in [0.2, 0.25) is 11.8 Å². The number of phosphoric ester groups is 3. The fourth-order valence-corrected chi connectivity index (χ4v) is 10.7. The van der Waals surface area contributed by atoms with Crippen molar-refractivity contribution >= 4 is 80.7 Å². The summed E-state index contributed by atoms with van der Waals surface area (Å²) in [6.07, 6.45) is 1.34. The highest BCUT2D eigenvalue weighted by Crippen LogP contribution is 2.61. The van der Waals surface area contributed by atoms with Crippen LogP contribution in [0, 0.1) is 17.3 Å². The van der Waals surface area contributed by atoms with E-state index in [0.717, 1.165) is 48.2 Å². The molecule has 26 nitrogen and oxygen atoms in total. The van der Waals surface area contributed by atoms with E-state index >= 15 is 0 Å². The number of allylic oxidation sites excluding steroid dienone is 2. The van der Waals surface area contributed by atoms with Gasteiger partial charge in [0.1, 0.15) is 47.8 Å². The first-order valence-corrected chi connectivity index (χ1v) is 26.6. The van der Waals surface area contributed by atoms with Crippen molar-refractivity contribution in [3.8, 4) is 0 Å². The lowest BCUT2D eigenvalue weighted by Gasteiger charge is -2.30. The fraction of sp³-hybridized carbons (Fsp3) is 0.676. The molecule has 1 aliphatic heterocycles. The zero-order valence-corrected chi connectivity index (χ0v) is 40.4. The first-order valence-electron chi connectivity index (χ1n) is 21.1. The van der Waals surface area contributed by atoms with Gasteiger partial charge in [-0.05, 0) is 38.0 Å². The number of rotatable bonds is 28. The van der Waals surface area contributed by atoms with E-state index in [4.69, 9.17) is 19.5 Å². The minimum atomic E-state index is -5.60. The molecule has 0 radical (unpaired) electrons. The second kappa shape index (κ2) is 25.0. The Labute approximate surface area is 389 Å². The number of nitrogens with zero attached hydrogens (tertiary/aromatic N) is 4. The van der Waals surface area contributed by atoms with Crippen molar-refractivity contribution < 1.29 is 90.1 Å². The highest BCUT2D eigenvalue weighted by molar-refractivity contribution is 8.13. The van der Waals surface area contributed by atoms with Gasteiger partial charge in [-0.1, -0.05) is 44.7 Å². The lowest BCUT2D eigenvalue weighted by atomic mass is 9.87. The number of ether oxygens (including phenoxy) is 1. The monoisotopic (exact) mass is 1030 g/mol. The van der Waals surface area contributed by atoms with Gasteiger partial charge in [0.25, 0.3) is 0 Å². The second-order valence-corrected chi connectivity index (χ2v) is 21.8. The number of aliphatic hydroxyl groups is 2. The lowest BCUT2D eigenvalue weighted by Crippen LogP contribution is -2.46. The number of ketones is 2. The molecule has 1 aliphatic carbocycles. The number of carbonyl (C=O) groups excluding carboxylic acids is 5. The van der Waals surface area contributed by atoms with E-state index in [1.165, 1.54) is 13.8 Å².